The molecule has 2 aromatic carbocycles. The summed E-state index contributed by atoms with van der Waals surface area (Å²) in [6.45, 7) is 2.33. The lowest BCUT2D eigenvalue weighted by atomic mass is 10.1. The van der Waals surface area contributed by atoms with E-state index in [1.54, 1.807) is 4.57 Å². The number of nitrogens with two attached hydrogens (primary N) is 1. The molecule has 2 N–H and O–H groups in total. The number of nitrogen functional groups attached to an aromatic ring is 1. The second-order valence-electron chi connectivity index (χ2n) is 6.43. The van der Waals surface area contributed by atoms with E-state index in [1.807, 2.05) is 50.2 Å². The van der Waals surface area contributed by atoms with Crippen LogP contribution in [0.3, 0.4) is 0 Å². The van der Waals surface area contributed by atoms with E-state index in [1.165, 1.54) is 6.07 Å². The third-order valence-corrected chi connectivity index (χ3v) is 4.46. The fraction of sp³-hybridized carbons (Fsp3) is 0.238. The Morgan fingerprint density at radius 3 is 2.26 bits per heavy atom. The smallest absolute Gasteiger partial charge is 0.396 e. The molecule has 0 fully saturated rings. The Bertz CT molecular complexity index is 1030. The van der Waals surface area contributed by atoms with Crippen LogP contribution in [0.2, 0.25) is 0 Å². The molecule has 0 aliphatic rings. The summed E-state index contributed by atoms with van der Waals surface area (Å²) in [6, 6.07) is 11.3. The molecule has 0 unspecified atom stereocenters. The number of hydrogen-bond donors (Lipinski definition) is 1. The van der Waals surface area contributed by atoms with Crippen molar-refractivity contribution < 1.29 is 13.2 Å². The maximum atomic E-state index is 13.0. The molecule has 0 radical (unpaired) electrons. The number of aromatic nitrogens is 1. The van der Waals surface area contributed by atoms with E-state index in [0.29, 0.717) is 28.8 Å². The highest BCUT2D eigenvalue weighted by Gasteiger charge is 2.31. The zero-order valence-electron chi connectivity index (χ0n) is 15.4. The van der Waals surface area contributed by atoms with Gasteiger partial charge in [-0.3, -0.25) is 0 Å². The van der Waals surface area contributed by atoms with Crippen LogP contribution in [-0.2, 0) is 12.7 Å². The molecule has 0 saturated carbocycles. The second-order valence-corrected chi connectivity index (χ2v) is 6.43. The predicted molar refractivity (Wildman–Crippen MR) is 104 cm³/mol. The number of aryl methyl sites for hydroxylation is 1. The Kier molecular flexibility index (Phi) is 4.79. The molecule has 3 nitrogen and oxygen atoms in total. The molecular weight excluding hydrogens is 351 g/mol. The zero-order valence-corrected chi connectivity index (χ0v) is 15.4. The zero-order chi connectivity index (χ0) is 19.8. The van der Waals surface area contributed by atoms with Gasteiger partial charge in [0.1, 0.15) is 5.69 Å². The molecule has 0 amide bonds. The van der Waals surface area contributed by atoms with Crippen LogP contribution >= 0.6 is 0 Å². The molecule has 1 aromatic heterocycles. The minimum absolute atomic E-state index is 0.401. The van der Waals surface area contributed by atoms with Gasteiger partial charge in [0.15, 0.2) is 0 Å². The summed E-state index contributed by atoms with van der Waals surface area (Å²) in [4.78, 5) is 1.99. The third kappa shape index (κ3) is 3.59. The van der Waals surface area contributed by atoms with Gasteiger partial charge < -0.3 is 15.2 Å². The molecule has 0 aliphatic heterocycles. The first kappa shape index (κ1) is 18.7. The maximum Gasteiger partial charge on any atom is 0.416 e. The average Bonchev–Trinajstić information content (AvgIpc) is 2.90. The van der Waals surface area contributed by atoms with Crippen LogP contribution in [0.15, 0.2) is 42.5 Å². The third-order valence-electron chi connectivity index (χ3n) is 4.46. The van der Waals surface area contributed by atoms with Crippen molar-refractivity contribution in [2.45, 2.75) is 19.6 Å². The molecule has 1 heterocycles. The molecule has 0 bridgehead atoms. The molecule has 0 saturated heterocycles. The SMILES string of the molecule is CCn1c(C#Cc2ccc(N(C)C)cc2)c(N)c2ccc(C(F)(F)F)cc21. The van der Waals surface area contributed by atoms with Gasteiger partial charge in [-0.25, -0.2) is 0 Å². The lowest BCUT2D eigenvalue weighted by Gasteiger charge is -2.11. The van der Waals surface area contributed by atoms with Crippen LogP contribution in [-0.4, -0.2) is 18.7 Å². The van der Waals surface area contributed by atoms with Gasteiger partial charge in [-0.1, -0.05) is 12.0 Å². The topological polar surface area (TPSA) is 34.2 Å². The lowest BCUT2D eigenvalue weighted by molar-refractivity contribution is -0.137. The van der Waals surface area contributed by atoms with Crippen molar-refractivity contribution in [1.82, 2.24) is 4.57 Å². The maximum absolute atomic E-state index is 13.0. The van der Waals surface area contributed by atoms with E-state index in [4.69, 9.17) is 5.73 Å². The lowest BCUT2D eigenvalue weighted by Crippen LogP contribution is -2.07. The molecule has 140 valence electrons. The van der Waals surface area contributed by atoms with Crippen LogP contribution < -0.4 is 10.6 Å². The van der Waals surface area contributed by atoms with Gasteiger partial charge in [0.2, 0.25) is 0 Å². The predicted octanol–water partition coefficient (Wildman–Crippen LogP) is 4.73. The van der Waals surface area contributed by atoms with Crippen molar-refractivity contribution in [1.29, 1.82) is 0 Å². The van der Waals surface area contributed by atoms with E-state index in [9.17, 15) is 13.2 Å². The van der Waals surface area contributed by atoms with Crippen molar-refractivity contribution >= 4 is 22.3 Å². The summed E-state index contributed by atoms with van der Waals surface area (Å²) in [6.07, 6.45) is -4.40. The van der Waals surface area contributed by atoms with Crippen LogP contribution in [0.4, 0.5) is 24.5 Å². The summed E-state index contributed by atoms with van der Waals surface area (Å²) < 4.78 is 40.9. The van der Waals surface area contributed by atoms with E-state index >= 15 is 0 Å². The minimum atomic E-state index is -4.40. The van der Waals surface area contributed by atoms with Crippen LogP contribution in [0.5, 0.6) is 0 Å². The second kappa shape index (κ2) is 6.92. The molecule has 3 rings (SSSR count). The number of halogens is 3. The van der Waals surface area contributed by atoms with Gasteiger partial charge >= 0.3 is 6.18 Å². The standard InChI is InChI=1S/C21H20F3N3/c1-4-27-18(12-7-14-5-9-16(10-6-14)26(2)3)20(25)17-11-8-15(13-19(17)27)21(22,23)24/h5-6,8-11,13H,4,25H2,1-3H3. The molecule has 6 heteroatoms. The molecule has 3 aromatic rings. The quantitative estimate of drug-likeness (QED) is 0.661. The number of alkyl halides is 3. The Morgan fingerprint density at radius 1 is 1.04 bits per heavy atom. The first-order chi connectivity index (χ1) is 12.7. The molecule has 0 aliphatic carbocycles. The number of benzene rings is 2. The summed E-state index contributed by atoms with van der Waals surface area (Å²) in [5.41, 5.74) is 8.74. The van der Waals surface area contributed by atoms with Gasteiger partial charge in [0.25, 0.3) is 0 Å². The molecular formula is C21H20F3N3. The minimum Gasteiger partial charge on any atom is -0.396 e. The molecule has 0 atom stereocenters. The Morgan fingerprint density at radius 2 is 1.70 bits per heavy atom. The Hall–Kier alpha value is -3.07. The highest BCUT2D eigenvalue weighted by Crippen LogP contribution is 2.35. The van der Waals surface area contributed by atoms with Gasteiger partial charge in [0, 0.05) is 37.3 Å². The van der Waals surface area contributed by atoms with Gasteiger partial charge in [-0.2, -0.15) is 13.2 Å². The molecule has 27 heavy (non-hydrogen) atoms. The number of anilines is 2. The normalized spacial score (nSPS) is 11.3. The first-order valence-electron chi connectivity index (χ1n) is 8.50. The number of rotatable bonds is 2. The van der Waals surface area contributed by atoms with E-state index in [-0.39, 0.29) is 0 Å². The van der Waals surface area contributed by atoms with Crippen LogP contribution in [0.1, 0.15) is 23.7 Å². The first-order valence-corrected chi connectivity index (χ1v) is 8.50. The van der Waals surface area contributed by atoms with Crippen molar-refractivity contribution in [2.24, 2.45) is 0 Å². The van der Waals surface area contributed by atoms with Crippen molar-refractivity contribution in [3.8, 4) is 11.8 Å². The van der Waals surface area contributed by atoms with E-state index in [2.05, 4.69) is 11.8 Å². The van der Waals surface area contributed by atoms with Crippen molar-refractivity contribution in [2.75, 3.05) is 24.7 Å². The Labute approximate surface area is 156 Å². The van der Waals surface area contributed by atoms with E-state index < -0.39 is 11.7 Å². The Balaban J connectivity index is 2.08. The summed E-state index contributed by atoms with van der Waals surface area (Å²) >= 11 is 0. The number of nitrogens with zero attached hydrogens (tertiary/aromatic N) is 2. The fourth-order valence-corrected chi connectivity index (χ4v) is 2.99. The van der Waals surface area contributed by atoms with Gasteiger partial charge in [0.05, 0.1) is 16.8 Å². The van der Waals surface area contributed by atoms with Crippen LogP contribution in [0, 0.1) is 11.8 Å². The fourth-order valence-electron chi connectivity index (χ4n) is 2.99. The highest BCUT2D eigenvalue weighted by molar-refractivity contribution is 5.96. The van der Waals surface area contributed by atoms with Crippen molar-refractivity contribution in [3.63, 3.8) is 0 Å². The van der Waals surface area contributed by atoms with Gasteiger partial charge in [-0.15, -0.1) is 0 Å². The largest absolute Gasteiger partial charge is 0.416 e. The summed E-state index contributed by atoms with van der Waals surface area (Å²) in [7, 11) is 3.91. The summed E-state index contributed by atoms with van der Waals surface area (Å²) in [5.74, 6) is 6.10. The highest BCUT2D eigenvalue weighted by atomic mass is 19.4. The monoisotopic (exact) mass is 371 g/mol. The average molecular weight is 371 g/mol. The number of hydrogen-bond acceptors (Lipinski definition) is 2. The van der Waals surface area contributed by atoms with E-state index in [0.717, 1.165) is 23.4 Å². The summed E-state index contributed by atoms with van der Waals surface area (Å²) in [5, 5.41) is 0.581. The van der Waals surface area contributed by atoms with Crippen LogP contribution in [0.25, 0.3) is 10.9 Å². The van der Waals surface area contributed by atoms with Gasteiger partial charge in [-0.05, 0) is 49.2 Å². The van der Waals surface area contributed by atoms with Crippen molar-refractivity contribution in [3.05, 3.63) is 59.3 Å². The number of fused-ring (bicyclic) bond motifs is 1. The molecule has 0 spiro atoms.